The monoisotopic (exact) mass is 164 g/mol. The van der Waals surface area contributed by atoms with E-state index in [1.54, 1.807) is 0 Å². The SMILES string of the molecule is [C-]#[N+]CC1CC2CCC(C1)N2C. The first-order valence-corrected chi connectivity index (χ1v) is 4.86. The highest BCUT2D eigenvalue weighted by molar-refractivity contribution is 4.94. The summed E-state index contributed by atoms with van der Waals surface area (Å²) in [7, 11) is 2.25. The summed E-state index contributed by atoms with van der Waals surface area (Å²) in [6.45, 7) is 7.62. The molecule has 2 aliphatic heterocycles. The predicted molar refractivity (Wildman–Crippen MR) is 48.8 cm³/mol. The van der Waals surface area contributed by atoms with Crippen LogP contribution in [0.15, 0.2) is 0 Å². The van der Waals surface area contributed by atoms with Crippen molar-refractivity contribution in [2.24, 2.45) is 5.92 Å². The Balaban J connectivity index is 1.99. The van der Waals surface area contributed by atoms with Gasteiger partial charge in [-0.3, -0.25) is 0 Å². The van der Waals surface area contributed by atoms with Crippen molar-refractivity contribution in [1.29, 1.82) is 0 Å². The Morgan fingerprint density at radius 1 is 1.33 bits per heavy atom. The molecule has 2 fully saturated rings. The average molecular weight is 164 g/mol. The molecule has 0 saturated carbocycles. The van der Waals surface area contributed by atoms with E-state index in [1.165, 1.54) is 25.7 Å². The summed E-state index contributed by atoms with van der Waals surface area (Å²) in [6.07, 6.45) is 5.29. The zero-order valence-electron chi connectivity index (χ0n) is 7.66. The Morgan fingerprint density at radius 2 is 1.92 bits per heavy atom. The molecule has 2 saturated heterocycles. The van der Waals surface area contributed by atoms with Gasteiger partial charge in [-0.15, -0.1) is 0 Å². The minimum absolute atomic E-state index is 0.705. The van der Waals surface area contributed by atoms with Crippen LogP contribution < -0.4 is 0 Å². The lowest BCUT2D eigenvalue weighted by molar-refractivity contribution is 0.140. The van der Waals surface area contributed by atoms with Crippen LogP contribution in [0.1, 0.15) is 25.7 Å². The maximum absolute atomic E-state index is 6.85. The Labute approximate surface area is 74.4 Å². The van der Waals surface area contributed by atoms with E-state index in [-0.39, 0.29) is 0 Å². The molecular formula is C10H16N2. The Bertz CT molecular complexity index is 192. The first-order chi connectivity index (χ1) is 5.81. The topological polar surface area (TPSA) is 7.60 Å². The number of rotatable bonds is 1. The van der Waals surface area contributed by atoms with Crippen LogP contribution in [-0.2, 0) is 0 Å². The summed E-state index contributed by atoms with van der Waals surface area (Å²) in [6, 6.07) is 1.60. The van der Waals surface area contributed by atoms with Crippen molar-refractivity contribution in [3.8, 4) is 0 Å². The van der Waals surface area contributed by atoms with Gasteiger partial charge in [0.2, 0.25) is 6.54 Å². The van der Waals surface area contributed by atoms with Crippen molar-refractivity contribution >= 4 is 0 Å². The van der Waals surface area contributed by atoms with Gasteiger partial charge in [-0.05, 0) is 32.7 Å². The summed E-state index contributed by atoms with van der Waals surface area (Å²) < 4.78 is 0. The highest BCUT2D eigenvalue weighted by Gasteiger charge is 2.39. The van der Waals surface area contributed by atoms with Gasteiger partial charge in [0.05, 0.1) is 0 Å². The quantitative estimate of drug-likeness (QED) is 0.536. The second kappa shape index (κ2) is 3.06. The zero-order chi connectivity index (χ0) is 8.55. The zero-order valence-corrected chi connectivity index (χ0v) is 7.66. The molecule has 2 unspecified atom stereocenters. The van der Waals surface area contributed by atoms with Gasteiger partial charge in [0.15, 0.2) is 0 Å². The molecule has 0 N–H and O–H groups in total. The van der Waals surface area contributed by atoms with E-state index >= 15 is 0 Å². The molecule has 2 nitrogen and oxygen atoms in total. The van der Waals surface area contributed by atoms with E-state index in [1.807, 2.05) is 0 Å². The lowest BCUT2D eigenvalue weighted by atomic mass is 9.91. The van der Waals surface area contributed by atoms with Crippen LogP contribution >= 0.6 is 0 Å². The van der Waals surface area contributed by atoms with E-state index in [0.717, 1.165) is 18.6 Å². The summed E-state index contributed by atoms with van der Waals surface area (Å²) in [5, 5.41) is 0. The normalized spacial score (nSPS) is 41.2. The van der Waals surface area contributed by atoms with Crippen LogP contribution in [0.3, 0.4) is 0 Å². The maximum atomic E-state index is 6.85. The van der Waals surface area contributed by atoms with Crippen LogP contribution in [0.2, 0.25) is 0 Å². The fourth-order valence-electron chi connectivity index (χ4n) is 2.80. The third-order valence-corrected chi connectivity index (χ3v) is 3.55. The molecule has 2 heteroatoms. The van der Waals surface area contributed by atoms with Gasteiger partial charge in [-0.25, -0.2) is 6.57 Å². The molecule has 66 valence electrons. The predicted octanol–water partition coefficient (Wildman–Crippen LogP) is 1.78. The summed E-state index contributed by atoms with van der Waals surface area (Å²) in [5.74, 6) is 0.705. The fourth-order valence-corrected chi connectivity index (χ4v) is 2.80. The Morgan fingerprint density at radius 3 is 2.42 bits per heavy atom. The lowest BCUT2D eigenvalue weighted by Crippen LogP contribution is -2.40. The van der Waals surface area contributed by atoms with Gasteiger partial charge in [-0.2, -0.15) is 0 Å². The van der Waals surface area contributed by atoms with Gasteiger partial charge in [0, 0.05) is 18.0 Å². The molecular weight excluding hydrogens is 148 g/mol. The molecule has 2 heterocycles. The van der Waals surface area contributed by atoms with Crippen molar-refractivity contribution < 1.29 is 0 Å². The molecule has 12 heavy (non-hydrogen) atoms. The maximum Gasteiger partial charge on any atom is 0.217 e. The van der Waals surface area contributed by atoms with Crippen LogP contribution in [0.5, 0.6) is 0 Å². The molecule has 0 aliphatic carbocycles. The minimum Gasteiger partial charge on any atom is -0.317 e. The highest BCUT2D eigenvalue weighted by Crippen LogP contribution is 2.37. The van der Waals surface area contributed by atoms with Gasteiger partial charge in [-0.1, -0.05) is 0 Å². The minimum atomic E-state index is 0.705. The summed E-state index contributed by atoms with van der Waals surface area (Å²) in [4.78, 5) is 6.04. The van der Waals surface area contributed by atoms with Crippen molar-refractivity contribution in [2.75, 3.05) is 13.6 Å². The third-order valence-electron chi connectivity index (χ3n) is 3.55. The van der Waals surface area contributed by atoms with Gasteiger partial charge in [0.1, 0.15) is 0 Å². The van der Waals surface area contributed by atoms with Crippen molar-refractivity contribution in [1.82, 2.24) is 4.90 Å². The molecule has 0 aromatic rings. The Kier molecular flexibility index (Phi) is 2.06. The van der Waals surface area contributed by atoms with Crippen LogP contribution in [-0.4, -0.2) is 30.6 Å². The molecule has 0 aromatic carbocycles. The van der Waals surface area contributed by atoms with E-state index < -0.39 is 0 Å². The molecule has 0 amide bonds. The van der Waals surface area contributed by atoms with Crippen LogP contribution in [0.25, 0.3) is 4.85 Å². The molecule has 0 spiro atoms. The number of piperidine rings is 1. The molecule has 2 atom stereocenters. The molecule has 2 bridgehead atoms. The second-order valence-electron chi connectivity index (χ2n) is 4.23. The lowest BCUT2D eigenvalue weighted by Gasteiger charge is -2.34. The van der Waals surface area contributed by atoms with Crippen molar-refractivity contribution in [3.63, 3.8) is 0 Å². The number of fused-ring (bicyclic) bond motifs is 2. The van der Waals surface area contributed by atoms with Gasteiger partial charge >= 0.3 is 0 Å². The second-order valence-corrected chi connectivity index (χ2v) is 4.23. The van der Waals surface area contributed by atoms with E-state index in [2.05, 4.69) is 16.8 Å². The first kappa shape index (κ1) is 8.07. The molecule has 0 aromatic heterocycles. The van der Waals surface area contributed by atoms with Crippen molar-refractivity contribution in [2.45, 2.75) is 37.8 Å². The van der Waals surface area contributed by atoms with Crippen molar-refractivity contribution in [3.05, 3.63) is 11.4 Å². The van der Waals surface area contributed by atoms with Crippen LogP contribution in [0.4, 0.5) is 0 Å². The summed E-state index contributed by atoms with van der Waals surface area (Å²) >= 11 is 0. The smallest absolute Gasteiger partial charge is 0.217 e. The van der Waals surface area contributed by atoms with Gasteiger partial charge < -0.3 is 9.74 Å². The van der Waals surface area contributed by atoms with Crippen LogP contribution in [0, 0.1) is 12.5 Å². The number of nitrogens with zero attached hydrogens (tertiary/aromatic N) is 2. The Hall–Kier alpha value is -0.550. The van der Waals surface area contributed by atoms with E-state index in [4.69, 9.17) is 6.57 Å². The van der Waals surface area contributed by atoms with E-state index in [0.29, 0.717) is 5.92 Å². The highest BCUT2D eigenvalue weighted by atomic mass is 15.2. The standard InChI is InChI=1S/C10H16N2/c1-11-7-8-5-9-3-4-10(6-8)12(9)2/h8-10H,3-7H2,2H3. The third kappa shape index (κ3) is 1.23. The molecule has 2 aliphatic rings. The number of hydrogen-bond donors (Lipinski definition) is 0. The number of hydrogen-bond acceptors (Lipinski definition) is 1. The molecule has 2 rings (SSSR count). The van der Waals surface area contributed by atoms with E-state index in [9.17, 15) is 0 Å². The first-order valence-electron chi connectivity index (χ1n) is 4.86. The largest absolute Gasteiger partial charge is 0.317 e. The molecule has 0 radical (unpaired) electrons. The summed E-state index contributed by atoms with van der Waals surface area (Å²) in [5.41, 5.74) is 0. The fraction of sp³-hybridized carbons (Fsp3) is 0.900. The van der Waals surface area contributed by atoms with Gasteiger partial charge in [0.25, 0.3) is 0 Å². The average Bonchev–Trinajstić information content (AvgIpc) is 2.33.